The van der Waals surface area contributed by atoms with Gasteiger partial charge in [-0.05, 0) is 69.0 Å². The van der Waals surface area contributed by atoms with Crippen LogP contribution in [0.25, 0.3) is 0 Å². The van der Waals surface area contributed by atoms with E-state index in [9.17, 15) is 0 Å². The van der Waals surface area contributed by atoms with Gasteiger partial charge >= 0.3 is 0 Å². The molecule has 0 saturated heterocycles. The van der Waals surface area contributed by atoms with Crippen LogP contribution in [0.5, 0.6) is 0 Å². The lowest BCUT2D eigenvalue weighted by Crippen LogP contribution is -2.25. The summed E-state index contributed by atoms with van der Waals surface area (Å²) in [6, 6.07) is 4.64. The lowest BCUT2D eigenvalue weighted by atomic mass is 9.94. The summed E-state index contributed by atoms with van der Waals surface area (Å²) in [7, 11) is 2.11. The molecule has 0 aromatic heterocycles. The van der Waals surface area contributed by atoms with Gasteiger partial charge in [-0.15, -0.1) is 0 Å². The Labute approximate surface area is 118 Å². The first-order valence-corrected chi connectivity index (χ1v) is 7.05. The number of aryl methyl sites for hydroxylation is 2. The van der Waals surface area contributed by atoms with Crippen LogP contribution >= 0.6 is 0 Å². The zero-order chi connectivity index (χ0) is 14.6. The van der Waals surface area contributed by atoms with Crippen LogP contribution in [0.2, 0.25) is 0 Å². The van der Waals surface area contributed by atoms with E-state index in [1.165, 1.54) is 27.8 Å². The molecule has 2 nitrogen and oxygen atoms in total. The summed E-state index contributed by atoms with van der Waals surface area (Å²) < 4.78 is 0. The fourth-order valence-electron chi connectivity index (χ4n) is 2.51. The molecule has 1 rings (SSSR count). The van der Waals surface area contributed by atoms with Crippen molar-refractivity contribution in [3.05, 3.63) is 33.9 Å². The Hall–Kier alpha value is -1.33. The molecule has 0 aliphatic rings. The first-order chi connectivity index (χ1) is 8.90. The van der Waals surface area contributed by atoms with Crippen molar-refractivity contribution in [1.29, 1.82) is 5.26 Å². The minimum atomic E-state index is 0.136. The van der Waals surface area contributed by atoms with Crippen molar-refractivity contribution in [3.63, 3.8) is 0 Å². The number of benzene rings is 1. The van der Waals surface area contributed by atoms with Gasteiger partial charge in [0.15, 0.2) is 0 Å². The maximum atomic E-state index is 9.06. The summed E-state index contributed by atoms with van der Waals surface area (Å²) in [4.78, 5) is 2.27. The van der Waals surface area contributed by atoms with E-state index in [0.717, 1.165) is 19.5 Å². The van der Waals surface area contributed by atoms with E-state index in [0.29, 0.717) is 0 Å². The standard InChI is InChI=1S/C17H26N2/c1-7-16(9-18)10-19(6)11-17-14(4)12(2)8-13(3)15(17)5/h8,16H,7,10-11H2,1-6H3. The summed E-state index contributed by atoms with van der Waals surface area (Å²) in [5.74, 6) is 0.136. The molecular weight excluding hydrogens is 232 g/mol. The third kappa shape index (κ3) is 3.81. The van der Waals surface area contributed by atoms with Crippen LogP contribution in [0, 0.1) is 44.9 Å². The molecule has 0 fully saturated rings. The number of hydrogen-bond acceptors (Lipinski definition) is 2. The molecule has 1 aromatic carbocycles. The molecule has 104 valence electrons. The van der Waals surface area contributed by atoms with Gasteiger partial charge < -0.3 is 4.90 Å². The Morgan fingerprint density at radius 1 is 1.16 bits per heavy atom. The van der Waals surface area contributed by atoms with E-state index in [1.54, 1.807) is 0 Å². The largest absolute Gasteiger partial charge is 0.301 e. The molecule has 1 unspecified atom stereocenters. The highest BCUT2D eigenvalue weighted by atomic mass is 15.1. The molecule has 0 bridgehead atoms. The second-order valence-corrected chi connectivity index (χ2v) is 5.67. The van der Waals surface area contributed by atoms with Crippen LogP contribution in [0.4, 0.5) is 0 Å². The molecule has 0 radical (unpaired) electrons. The quantitative estimate of drug-likeness (QED) is 0.801. The molecule has 0 amide bonds. The normalized spacial score (nSPS) is 12.5. The van der Waals surface area contributed by atoms with Crippen LogP contribution in [0.15, 0.2) is 6.07 Å². The summed E-state index contributed by atoms with van der Waals surface area (Å²) in [5.41, 5.74) is 6.92. The zero-order valence-corrected chi connectivity index (χ0v) is 13.2. The highest BCUT2D eigenvalue weighted by molar-refractivity contribution is 5.43. The van der Waals surface area contributed by atoms with Gasteiger partial charge in [-0.25, -0.2) is 0 Å². The molecule has 0 saturated carbocycles. The second-order valence-electron chi connectivity index (χ2n) is 5.67. The van der Waals surface area contributed by atoms with Crippen LogP contribution in [0.3, 0.4) is 0 Å². The van der Waals surface area contributed by atoms with Gasteiger partial charge in [-0.2, -0.15) is 5.26 Å². The molecule has 19 heavy (non-hydrogen) atoms. The number of rotatable bonds is 5. The highest BCUT2D eigenvalue weighted by Crippen LogP contribution is 2.23. The minimum Gasteiger partial charge on any atom is -0.301 e. The molecule has 0 spiro atoms. The minimum absolute atomic E-state index is 0.136. The number of nitrogens with zero attached hydrogens (tertiary/aromatic N) is 2. The average molecular weight is 258 g/mol. The fraction of sp³-hybridized carbons (Fsp3) is 0.588. The van der Waals surface area contributed by atoms with E-state index in [4.69, 9.17) is 5.26 Å². The van der Waals surface area contributed by atoms with Crippen LogP contribution in [-0.2, 0) is 6.54 Å². The zero-order valence-electron chi connectivity index (χ0n) is 13.2. The lowest BCUT2D eigenvalue weighted by Gasteiger charge is -2.23. The van der Waals surface area contributed by atoms with Gasteiger partial charge in [0.2, 0.25) is 0 Å². The van der Waals surface area contributed by atoms with Crippen molar-refractivity contribution in [2.24, 2.45) is 5.92 Å². The van der Waals surface area contributed by atoms with Crippen LogP contribution in [0.1, 0.15) is 41.2 Å². The Morgan fingerprint density at radius 2 is 1.68 bits per heavy atom. The fourth-order valence-corrected chi connectivity index (χ4v) is 2.51. The van der Waals surface area contributed by atoms with Crippen molar-refractivity contribution in [3.8, 4) is 6.07 Å². The maximum Gasteiger partial charge on any atom is 0.0669 e. The summed E-state index contributed by atoms with van der Waals surface area (Å²) >= 11 is 0. The van der Waals surface area contributed by atoms with Crippen molar-refractivity contribution >= 4 is 0 Å². The molecule has 1 atom stereocenters. The second kappa shape index (κ2) is 6.73. The van der Waals surface area contributed by atoms with Gasteiger partial charge in [-0.1, -0.05) is 13.0 Å². The van der Waals surface area contributed by atoms with Crippen LogP contribution < -0.4 is 0 Å². The summed E-state index contributed by atoms with van der Waals surface area (Å²) in [6.45, 7) is 12.6. The third-order valence-corrected chi connectivity index (χ3v) is 4.16. The van der Waals surface area contributed by atoms with Gasteiger partial charge in [0.1, 0.15) is 0 Å². The number of hydrogen-bond donors (Lipinski definition) is 0. The summed E-state index contributed by atoms with van der Waals surface area (Å²) in [5, 5.41) is 9.06. The predicted molar refractivity (Wildman–Crippen MR) is 81.1 cm³/mol. The topological polar surface area (TPSA) is 27.0 Å². The van der Waals surface area contributed by atoms with Crippen molar-refractivity contribution in [2.45, 2.75) is 47.6 Å². The van der Waals surface area contributed by atoms with Crippen LogP contribution in [-0.4, -0.2) is 18.5 Å². The van der Waals surface area contributed by atoms with E-state index in [2.05, 4.69) is 58.7 Å². The molecule has 0 aliphatic carbocycles. The maximum absolute atomic E-state index is 9.06. The highest BCUT2D eigenvalue weighted by Gasteiger charge is 2.13. The molecule has 0 aliphatic heterocycles. The van der Waals surface area contributed by atoms with Crippen molar-refractivity contribution in [2.75, 3.05) is 13.6 Å². The Morgan fingerprint density at radius 3 is 2.11 bits per heavy atom. The average Bonchev–Trinajstić information content (AvgIpc) is 2.38. The molecule has 2 heteroatoms. The van der Waals surface area contributed by atoms with Crippen molar-refractivity contribution in [1.82, 2.24) is 4.90 Å². The van der Waals surface area contributed by atoms with Gasteiger partial charge in [0.25, 0.3) is 0 Å². The van der Waals surface area contributed by atoms with Gasteiger partial charge in [0.05, 0.1) is 12.0 Å². The van der Waals surface area contributed by atoms with E-state index < -0.39 is 0 Å². The monoisotopic (exact) mass is 258 g/mol. The molecule has 1 aromatic rings. The first-order valence-electron chi connectivity index (χ1n) is 7.05. The van der Waals surface area contributed by atoms with Gasteiger partial charge in [-0.3, -0.25) is 0 Å². The Bertz CT molecular complexity index is 457. The Balaban J connectivity index is 2.91. The van der Waals surface area contributed by atoms with E-state index in [1.807, 2.05) is 0 Å². The van der Waals surface area contributed by atoms with Crippen molar-refractivity contribution < 1.29 is 0 Å². The van der Waals surface area contributed by atoms with E-state index >= 15 is 0 Å². The molecular formula is C17H26N2. The van der Waals surface area contributed by atoms with Gasteiger partial charge in [0, 0.05) is 13.1 Å². The lowest BCUT2D eigenvalue weighted by molar-refractivity contribution is 0.291. The first kappa shape index (κ1) is 15.7. The Kier molecular flexibility index (Phi) is 5.57. The molecule has 0 heterocycles. The number of nitriles is 1. The molecule has 0 N–H and O–H groups in total. The predicted octanol–water partition coefficient (Wildman–Crippen LogP) is 3.90. The third-order valence-electron chi connectivity index (χ3n) is 4.16. The van der Waals surface area contributed by atoms with E-state index in [-0.39, 0.29) is 5.92 Å². The summed E-state index contributed by atoms with van der Waals surface area (Å²) in [6.07, 6.45) is 0.922. The smallest absolute Gasteiger partial charge is 0.0669 e. The SMILES string of the molecule is CCC(C#N)CN(C)Cc1c(C)c(C)cc(C)c1C.